The number of H-pyrrole nitrogens is 1. The fraction of sp³-hybridized carbons (Fsp3) is 0.778. The molecule has 1 saturated heterocycles. The van der Waals surface area contributed by atoms with E-state index in [0.29, 0.717) is 19.5 Å². The van der Waals surface area contributed by atoms with Crippen molar-refractivity contribution in [3.8, 4) is 0 Å². The lowest BCUT2D eigenvalue weighted by Gasteiger charge is -2.40. The van der Waals surface area contributed by atoms with E-state index in [4.69, 9.17) is 0 Å². The first-order chi connectivity index (χ1) is 11.3. The molecule has 0 bridgehead atoms. The molecular weight excluding hydrogens is 304 g/mol. The maximum atomic E-state index is 12.7. The van der Waals surface area contributed by atoms with Gasteiger partial charge in [-0.2, -0.15) is 5.10 Å². The number of hydrogen-bond acceptors (Lipinski definition) is 4. The van der Waals surface area contributed by atoms with Crippen molar-refractivity contribution in [3.05, 3.63) is 17.0 Å². The van der Waals surface area contributed by atoms with E-state index >= 15 is 0 Å². The van der Waals surface area contributed by atoms with Crippen molar-refractivity contribution in [1.29, 1.82) is 0 Å². The van der Waals surface area contributed by atoms with E-state index in [1.165, 1.54) is 17.7 Å². The average molecular weight is 334 g/mol. The number of aromatic amines is 1. The Morgan fingerprint density at radius 2 is 2.12 bits per heavy atom. The summed E-state index contributed by atoms with van der Waals surface area (Å²) in [6, 6.07) is 0. The van der Waals surface area contributed by atoms with Crippen LogP contribution in [0.4, 0.5) is 0 Å². The summed E-state index contributed by atoms with van der Waals surface area (Å²) in [6.45, 7) is 8.65. The maximum absolute atomic E-state index is 12.7. The Hall–Kier alpha value is -1.40. The predicted molar refractivity (Wildman–Crippen MR) is 92.5 cm³/mol. The van der Waals surface area contributed by atoms with Crippen LogP contribution >= 0.6 is 0 Å². The van der Waals surface area contributed by atoms with Gasteiger partial charge < -0.3 is 15.3 Å². The van der Waals surface area contributed by atoms with E-state index in [0.717, 1.165) is 31.5 Å². The second-order valence-electron chi connectivity index (χ2n) is 8.51. The highest BCUT2D eigenvalue weighted by Crippen LogP contribution is 2.26. The number of amides is 1. The lowest BCUT2D eigenvalue weighted by atomic mass is 9.88. The molecule has 2 heterocycles. The van der Waals surface area contributed by atoms with Gasteiger partial charge in [0.25, 0.3) is 5.91 Å². The number of carbonyl (C=O) groups is 1. The van der Waals surface area contributed by atoms with Crippen LogP contribution in [0.5, 0.6) is 0 Å². The Labute approximate surface area is 144 Å². The van der Waals surface area contributed by atoms with E-state index in [9.17, 15) is 9.90 Å². The van der Waals surface area contributed by atoms with E-state index < -0.39 is 5.60 Å². The van der Waals surface area contributed by atoms with Crippen LogP contribution in [0.2, 0.25) is 0 Å². The molecule has 1 aliphatic heterocycles. The van der Waals surface area contributed by atoms with Crippen molar-refractivity contribution >= 4 is 5.91 Å². The Balaban J connectivity index is 1.57. The second kappa shape index (κ2) is 6.48. The van der Waals surface area contributed by atoms with Gasteiger partial charge in [0, 0.05) is 31.9 Å². The zero-order valence-electron chi connectivity index (χ0n) is 15.1. The smallest absolute Gasteiger partial charge is 0.255 e. The third kappa shape index (κ3) is 3.64. The molecule has 1 amide bonds. The van der Waals surface area contributed by atoms with Crippen LogP contribution in [-0.2, 0) is 24.2 Å². The van der Waals surface area contributed by atoms with Crippen LogP contribution in [-0.4, -0.2) is 51.3 Å². The van der Waals surface area contributed by atoms with Crippen molar-refractivity contribution in [2.24, 2.45) is 5.41 Å². The van der Waals surface area contributed by atoms with E-state index in [1.54, 1.807) is 0 Å². The highest BCUT2D eigenvalue weighted by atomic mass is 16.3. The average Bonchev–Trinajstić information content (AvgIpc) is 3.07. The minimum absolute atomic E-state index is 0.0386. The molecule has 1 atom stereocenters. The standard InChI is InChI=1S/C18H30N4O2/c1-17(2,3)12-22-9-5-8-18(24,16(22)23)11-19-10-15-13-6-4-7-14(13)20-21-15/h19,24H,4-12H2,1-3H3,(H,20,21). The molecule has 3 N–H and O–H groups in total. The Morgan fingerprint density at radius 1 is 1.33 bits per heavy atom. The number of carbonyl (C=O) groups excluding carboxylic acids is 1. The van der Waals surface area contributed by atoms with Crippen LogP contribution in [0.15, 0.2) is 0 Å². The minimum Gasteiger partial charge on any atom is -0.379 e. The molecule has 3 rings (SSSR count). The summed E-state index contributed by atoms with van der Waals surface area (Å²) in [5.74, 6) is -0.136. The molecule has 2 aliphatic rings. The first-order valence-corrected chi connectivity index (χ1v) is 9.06. The highest BCUT2D eigenvalue weighted by Gasteiger charge is 2.42. The molecule has 0 radical (unpaired) electrons. The SMILES string of the molecule is CC(C)(C)CN1CCCC(O)(CNCc2n[nH]c3c2CCC3)C1=O. The van der Waals surface area contributed by atoms with Crippen molar-refractivity contribution in [2.75, 3.05) is 19.6 Å². The van der Waals surface area contributed by atoms with Crippen LogP contribution < -0.4 is 5.32 Å². The molecule has 1 aliphatic carbocycles. The summed E-state index contributed by atoms with van der Waals surface area (Å²) in [7, 11) is 0. The Morgan fingerprint density at radius 3 is 2.88 bits per heavy atom. The van der Waals surface area contributed by atoms with Gasteiger partial charge >= 0.3 is 0 Å². The lowest BCUT2D eigenvalue weighted by Crippen LogP contribution is -2.59. The van der Waals surface area contributed by atoms with Crippen LogP contribution in [0.1, 0.15) is 57.0 Å². The second-order valence-corrected chi connectivity index (χ2v) is 8.51. The van der Waals surface area contributed by atoms with E-state index in [-0.39, 0.29) is 17.9 Å². The zero-order valence-corrected chi connectivity index (χ0v) is 15.1. The summed E-state index contributed by atoms with van der Waals surface area (Å²) in [5, 5.41) is 21.6. The first-order valence-electron chi connectivity index (χ1n) is 9.06. The summed E-state index contributed by atoms with van der Waals surface area (Å²) in [5.41, 5.74) is 2.34. The van der Waals surface area contributed by atoms with Crippen molar-refractivity contribution < 1.29 is 9.90 Å². The number of fused-ring (bicyclic) bond motifs is 1. The Kier molecular flexibility index (Phi) is 4.71. The molecule has 0 spiro atoms. The topological polar surface area (TPSA) is 81.2 Å². The predicted octanol–water partition coefficient (Wildman–Crippen LogP) is 1.39. The molecule has 1 aromatic rings. The molecule has 1 fully saturated rings. The molecule has 0 saturated carbocycles. The van der Waals surface area contributed by atoms with Crippen LogP contribution in [0.25, 0.3) is 0 Å². The van der Waals surface area contributed by atoms with Gasteiger partial charge in [-0.1, -0.05) is 20.8 Å². The minimum atomic E-state index is -1.29. The molecule has 1 unspecified atom stereocenters. The van der Waals surface area contributed by atoms with Crippen molar-refractivity contribution in [2.45, 2.75) is 65.0 Å². The molecule has 0 aromatic carbocycles. The Bertz CT molecular complexity index is 605. The van der Waals surface area contributed by atoms with Crippen molar-refractivity contribution in [3.63, 3.8) is 0 Å². The quantitative estimate of drug-likeness (QED) is 0.760. The van der Waals surface area contributed by atoms with Gasteiger partial charge in [0.15, 0.2) is 5.60 Å². The number of piperidine rings is 1. The molecule has 134 valence electrons. The van der Waals surface area contributed by atoms with E-state index in [1.807, 2.05) is 4.90 Å². The largest absolute Gasteiger partial charge is 0.379 e. The fourth-order valence-electron chi connectivity index (χ4n) is 3.87. The monoisotopic (exact) mass is 334 g/mol. The molecule has 6 nitrogen and oxygen atoms in total. The number of rotatable bonds is 5. The summed E-state index contributed by atoms with van der Waals surface area (Å²) in [6.07, 6.45) is 4.70. The number of aromatic nitrogens is 2. The zero-order chi connectivity index (χ0) is 17.4. The molecule has 6 heteroatoms. The van der Waals surface area contributed by atoms with Gasteiger partial charge in [-0.15, -0.1) is 0 Å². The van der Waals surface area contributed by atoms with Crippen molar-refractivity contribution in [1.82, 2.24) is 20.4 Å². The molecule has 1 aromatic heterocycles. The maximum Gasteiger partial charge on any atom is 0.255 e. The number of nitrogens with one attached hydrogen (secondary N) is 2. The number of aryl methyl sites for hydroxylation is 1. The highest BCUT2D eigenvalue weighted by molar-refractivity contribution is 5.86. The normalized spacial score (nSPS) is 24.5. The number of nitrogens with zero attached hydrogens (tertiary/aromatic N) is 2. The van der Waals surface area contributed by atoms with E-state index in [2.05, 4.69) is 36.3 Å². The third-order valence-corrected chi connectivity index (χ3v) is 4.97. The summed E-state index contributed by atoms with van der Waals surface area (Å²) >= 11 is 0. The number of hydrogen-bond donors (Lipinski definition) is 3. The van der Waals surface area contributed by atoms with Crippen LogP contribution in [0.3, 0.4) is 0 Å². The van der Waals surface area contributed by atoms with Gasteiger partial charge in [-0.25, -0.2) is 0 Å². The lowest BCUT2D eigenvalue weighted by molar-refractivity contribution is -0.158. The number of aliphatic hydroxyl groups is 1. The van der Waals surface area contributed by atoms with Gasteiger partial charge in [0.05, 0.1) is 5.69 Å². The molecular formula is C18H30N4O2. The van der Waals surface area contributed by atoms with Gasteiger partial charge in [-0.3, -0.25) is 9.89 Å². The van der Waals surface area contributed by atoms with Gasteiger partial charge in [0.1, 0.15) is 0 Å². The van der Waals surface area contributed by atoms with Gasteiger partial charge in [0.2, 0.25) is 0 Å². The summed E-state index contributed by atoms with van der Waals surface area (Å²) < 4.78 is 0. The van der Waals surface area contributed by atoms with Crippen LogP contribution in [0, 0.1) is 5.41 Å². The van der Waals surface area contributed by atoms with Gasteiger partial charge in [-0.05, 0) is 43.1 Å². The fourth-order valence-corrected chi connectivity index (χ4v) is 3.87. The molecule has 24 heavy (non-hydrogen) atoms. The summed E-state index contributed by atoms with van der Waals surface area (Å²) in [4.78, 5) is 14.5. The first kappa shape index (κ1) is 17.4. The third-order valence-electron chi connectivity index (χ3n) is 4.97. The number of likely N-dealkylation sites (tertiary alicyclic amines) is 1.